The van der Waals surface area contributed by atoms with Crippen molar-refractivity contribution < 1.29 is 14.1 Å². The minimum Gasteiger partial charge on any atom is -0.319 e. The highest BCUT2D eigenvalue weighted by molar-refractivity contribution is 6.33. The van der Waals surface area contributed by atoms with Crippen molar-refractivity contribution in [3.63, 3.8) is 0 Å². The average Bonchev–Trinajstić information content (AvgIpc) is 2.39. The van der Waals surface area contributed by atoms with Gasteiger partial charge in [-0.15, -0.1) is 0 Å². The number of nitrogens with zero attached hydrogens (tertiary/aromatic N) is 2. The van der Waals surface area contributed by atoms with Crippen molar-refractivity contribution in [1.82, 2.24) is 4.98 Å². The van der Waals surface area contributed by atoms with Crippen LogP contribution >= 0.6 is 23.2 Å². The molecule has 1 heterocycles. The van der Waals surface area contributed by atoms with Crippen LogP contribution in [0.2, 0.25) is 10.3 Å². The van der Waals surface area contributed by atoms with E-state index in [1.54, 1.807) is 0 Å². The zero-order valence-corrected chi connectivity index (χ0v) is 11.7. The van der Waals surface area contributed by atoms with E-state index in [9.17, 15) is 19.3 Å². The number of rotatable bonds is 3. The number of nitro groups is 1. The number of anilines is 1. The zero-order valence-electron chi connectivity index (χ0n) is 10.1. The number of aromatic nitrogens is 1. The molecular formula is C12H6Cl2FN3O3. The van der Waals surface area contributed by atoms with Crippen molar-refractivity contribution in [2.24, 2.45) is 0 Å². The van der Waals surface area contributed by atoms with Crippen LogP contribution in [0.4, 0.5) is 15.8 Å². The van der Waals surface area contributed by atoms with Crippen LogP contribution in [0, 0.1) is 15.9 Å². The zero-order chi connectivity index (χ0) is 15.6. The third-order valence-electron chi connectivity index (χ3n) is 2.44. The number of hydrogen-bond donors (Lipinski definition) is 1. The van der Waals surface area contributed by atoms with Crippen molar-refractivity contribution in [3.8, 4) is 0 Å². The van der Waals surface area contributed by atoms with Crippen LogP contribution < -0.4 is 5.32 Å². The summed E-state index contributed by atoms with van der Waals surface area (Å²) in [6.07, 6.45) is 0. The number of carbonyl (C=O) groups excluding carboxylic acids is 1. The van der Waals surface area contributed by atoms with Crippen LogP contribution in [0.3, 0.4) is 0 Å². The normalized spacial score (nSPS) is 10.2. The number of nitrogens with one attached hydrogen (secondary N) is 1. The van der Waals surface area contributed by atoms with Gasteiger partial charge in [0.15, 0.2) is 5.82 Å². The fourth-order valence-electron chi connectivity index (χ4n) is 1.51. The smallest absolute Gasteiger partial charge is 0.272 e. The van der Waals surface area contributed by atoms with Crippen molar-refractivity contribution >= 4 is 40.5 Å². The number of hydrogen-bond acceptors (Lipinski definition) is 4. The Labute approximate surface area is 127 Å². The summed E-state index contributed by atoms with van der Waals surface area (Å²) < 4.78 is 13.7. The molecule has 6 nitrogen and oxygen atoms in total. The van der Waals surface area contributed by atoms with Crippen LogP contribution in [-0.4, -0.2) is 15.8 Å². The van der Waals surface area contributed by atoms with E-state index in [1.165, 1.54) is 12.1 Å². The van der Waals surface area contributed by atoms with E-state index in [0.29, 0.717) is 6.07 Å². The quantitative estimate of drug-likeness (QED) is 0.528. The first-order chi connectivity index (χ1) is 9.86. The summed E-state index contributed by atoms with van der Waals surface area (Å²) in [5.41, 5.74) is -0.534. The molecular weight excluding hydrogens is 324 g/mol. The van der Waals surface area contributed by atoms with Gasteiger partial charge in [-0.1, -0.05) is 23.2 Å². The topological polar surface area (TPSA) is 85.1 Å². The summed E-state index contributed by atoms with van der Waals surface area (Å²) >= 11 is 11.3. The first kappa shape index (κ1) is 15.1. The Morgan fingerprint density at radius 3 is 2.38 bits per heavy atom. The molecule has 1 aromatic carbocycles. The molecule has 1 N–H and O–H groups in total. The molecule has 0 aliphatic heterocycles. The van der Waals surface area contributed by atoms with Crippen molar-refractivity contribution in [2.45, 2.75) is 0 Å². The monoisotopic (exact) mass is 329 g/mol. The highest BCUT2D eigenvalue weighted by Gasteiger charge is 2.14. The third-order valence-corrected chi connectivity index (χ3v) is 2.82. The molecule has 21 heavy (non-hydrogen) atoms. The fourth-order valence-corrected chi connectivity index (χ4v) is 1.97. The van der Waals surface area contributed by atoms with Crippen LogP contribution in [-0.2, 0) is 0 Å². The SMILES string of the molecule is O=C(Nc1ccc([N+](=O)[O-])cc1F)c1cc(Cl)nc(Cl)c1. The largest absolute Gasteiger partial charge is 0.319 e. The Balaban J connectivity index is 2.25. The van der Waals surface area contributed by atoms with Gasteiger partial charge in [-0.2, -0.15) is 0 Å². The molecule has 0 saturated carbocycles. The van der Waals surface area contributed by atoms with Gasteiger partial charge in [-0.05, 0) is 18.2 Å². The van der Waals surface area contributed by atoms with Gasteiger partial charge < -0.3 is 5.32 Å². The number of halogens is 3. The van der Waals surface area contributed by atoms with Gasteiger partial charge in [0, 0.05) is 11.6 Å². The molecule has 0 aliphatic rings. The van der Waals surface area contributed by atoms with Gasteiger partial charge in [-0.3, -0.25) is 14.9 Å². The number of non-ortho nitro benzene ring substituents is 1. The molecule has 1 amide bonds. The molecule has 9 heteroatoms. The van der Waals surface area contributed by atoms with Crippen LogP contribution in [0.5, 0.6) is 0 Å². The third kappa shape index (κ3) is 3.65. The van der Waals surface area contributed by atoms with E-state index in [-0.39, 0.29) is 21.6 Å². The number of benzene rings is 1. The van der Waals surface area contributed by atoms with E-state index < -0.39 is 22.3 Å². The minimum absolute atomic E-state index is 0.0109. The molecule has 2 rings (SSSR count). The Bertz CT molecular complexity index is 719. The predicted molar refractivity (Wildman–Crippen MR) is 75.3 cm³/mol. The Hall–Kier alpha value is -2.25. The lowest BCUT2D eigenvalue weighted by Gasteiger charge is -2.07. The van der Waals surface area contributed by atoms with E-state index in [2.05, 4.69) is 10.3 Å². The second kappa shape index (κ2) is 6.02. The molecule has 1 aromatic heterocycles. The first-order valence-corrected chi connectivity index (χ1v) is 6.21. The Morgan fingerprint density at radius 1 is 1.24 bits per heavy atom. The lowest BCUT2D eigenvalue weighted by Crippen LogP contribution is -2.13. The lowest BCUT2D eigenvalue weighted by atomic mass is 10.2. The number of pyridine rings is 1. The molecule has 0 unspecified atom stereocenters. The minimum atomic E-state index is -0.927. The second-order valence-electron chi connectivity index (χ2n) is 3.88. The maximum Gasteiger partial charge on any atom is 0.272 e. The molecule has 0 saturated heterocycles. The van der Waals surface area contributed by atoms with Crippen molar-refractivity contribution in [2.75, 3.05) is 5.32 Å². The summed E-state index contributed by atoms with van der Waals surface area (Å²) in [4.78, 5) is 25.4. The summed E-state index contributed by atoms with van der Waals surface area (Å²) in [7, 11) is 0. The number of carbonyl (C=O) groups is 1. The standard InChI is InChI=1S/C12H6Cl2FN3O3/c13-10-3-6(4-11(14)17-10)12(19)16-9-2-1-7(18(20)21)5-8(9)15/h1-5H,(H,16,19). The molecule has 2 aromatic rings. The summed E-state index contributed by atoms with van der Waals surface area (Å²) in [5, 5.41) is 12.8. The van der Waals surface area contributed by atoms with Gasteiger partial charge in [-0.25, -0.2) is 9.37 Å². The summed E-state index contributed by atoms with van der Waals surface area (Å²) in [6, 6.07) is 5.39. The summed E-state index contributed by atoms with van der Waals surface area (Å²) in [6.45, 7) is 0. The van der Waals surface area contributed by atoms with Gasteiger partial charge in [0.05, 0.1) is 16.7 Å². The van der Waals surface area contributed by atoms with Gasteiger partial charge in [0.2, 0.25) is 0 Å². The maximum absolute atomic E-state index is 13.7. The van der Waals surface area contributed by atoms with E-state index in [0.717, 1.165) is 12.1 Å². The molecule has 0 aliphatic carbocycles. The van der Waals surface area contributed by atoms with Gasteiger partial charge in [0.25, 0.3) is 11.6 Å². The molecule has 108 valence electrons. The maximum atomic E-state index is 13.7. The number of nitro benzene ring substituents is 1. The summed E-state index contributed by atoms with van der Waals surface area (Å²) in [5.74, 6) is -1.60. The van der Waals surface area contributed by atoms with E-state index >= 15 is 0 Å². The highest BCUT2D eigenvalue weighted by Crippen LogP contribution is 2.22. The highest BCUT2D eigenvalue weighted by atomic mass is 35.5. The van der Waals surface area contributed by atoms with Crippen LogP contribution in [0.15, 0.2) is 30.3 Å². The molecule has 0 atom stereocenters. The Kier molecular flexibility index (Phi) is 4.35. The van der Waals surface area contributed by atoms with Gasteiger partial charge in [0.1, 0.15) is 10.3 Å². The van der Waals surface area contributed by atoms with Crippen molar-refractivity contribution in [1.29, 1.82) is 0 Å². The fraction of sp³-hybridized carbons (Fsp3) is 0. The van der Waals surface area contributed by atoms with Gasteiger partial charge >= 0.3 is 0 Å². The second-order valence-corrected chi connectivity index (χ2v) is 4.65. The molecule has 0 spiro atoms. The lowest BCUT2D eigenvalue weighted by molar-refractivity contribution is -0.385. The molecule has 0 fully saturated rings. The van der Waals surface area contributed by atoms with Crippen LogP contribution in [0.25, 0.3) is 0 Å². The van der Waals surface area contributed by atoms with Crippen molar-refractivity contribution in [3.05, 3.63) is 62.1 Å². The first-order valence-electron chi connectivity index (χ1n) is 5.45. The molecule has 0 radical (unpaired) electrons. The molecule has 0 bridgehead atoms. The number of amides is 1. The van der Waals surface area contributed by atoms with E-state index in [4.69, 9.17) is 23.2 Å². The van der Waals surface area contributed by atoms with Crippen LogP contribution in [0.1, 0.15) is 10.4 Å². The Morgan fingerprint density at radius 2 is 1.86 bits per heavy atom. The predicted octanol–water partition coefficient (Wildman–Crippen LogP) is 3.69. The van der Waals surface area contributed by atoms with E-state index in [1.807, 2.05) is 0 Å². The average molecular weight is 330 g/mol.